The van der Waals surface area contributed by atoms with E-state index in [9.17, 15) is 18.0 Å². The third-order valence-corrected chi connectivity index (χ3v) is 5.74. The molecule has 0 N–H and O–H groups in total. The van der Waals surface area contributed by atoms with E-state index in [2.05, 4.69) is 19.6 Å². The maximum Gasteiger partial charge on any atom is 0.573 e. The molecule has 0 unspecified atom stereocenters. The predicted octanol–water partition coefficient (Wildman–Crippen LogP) is 3.42. The summed E-state index contributed by atoms with van der Waals surface area (Å²) in [6.07, 6.45) is 1.24. The molecular weight excluding hydrogens is 409 g/mol. The van der Waals surface area contributed by atoms with Crippen molar-refractivity contribution in [2.45, 2.75) is 44.0 Å². The summed E-state index contributed by atoms with van der Waals surface area (Å²) < 4.78 is 42.1. The van der Waals surface area contributed by atoms with E-state index in [1.54, 1.807) is 4.90 Å². The lowest BCUT2D eigenvalue weighted by Crippen LogP contribution is -2.59. The lowest BCUT2D eigenvalue weighted by molar-refractivity contribution is -0.274. The van der Waals surface area contributed by atoms with Crippen LogP contribution in [0.15, 0.2) is 30.6 Å². The zero-order valence-corrected chi connectivity index (χ0v) is 17.5. The quantitative estimate of drug-likeness (QED) is 0.668. The topological polar surface area (TPSA) is 58.6 Å². The largest absolute Gasteiger partial charge is 0.573 e. The van der Waals surface area contributed by atoms with E-state index in [0.717, 1.165) is 24.0 Å². The molecule has 9 heteroatoms. The average molecular weight is 434 g/mol. The standard InChI is InChI=1S/C22H25F3N4O2/c1-28(2)18-12-29(13-18)21(30)17-10-26-20(27-11-17)6-3-14-7-16(15-4-5-15)9-19(8-14)31-22(23,24)25/h7-11,15,18H,3-6,12-13H2,1-2H3. The molecule has 31 heavy (non-hydrogen) atoms. The molecule has 1 aromatic heterocycles. The van der Waals surface area contributed by atoms with E-state index < -0.39 is 6.36 Å². The number of nitrogens with zero attached hydrogens (tertiary/aromatic N) is 4. The van der Waals surface area contributed by atoms with Gasteiger partial charge in [0.1, 0.15) is 11.6 Å². The Labute approximate surface area is 179 Å². The fourth-order valence-corrected chi connectivity index (χ4v) is 3.66. The molecule has 1 aliphatic heterocycles. The minimum Gasteiger partial charge on any atom is -0.406 e. The van der Waals surface area contributed by atoms with Crippen molar-refractivity contribution in [1.29, 1.82) is 0 Å². The highest BCUT2D eigenvalue weighted by atomic mass is 19.4. The molecule has 1 amide bonds. The van der Waals surface area contributed by atoms with Crippen molar-refractivity contribution in [2.24, 2.45) is 0 Å². The SMILES string of the molecule is CN(C)C1CN(C(=O)c2cnc(CCc3cc(OC(F)(F)F)cc(C4CC4)c3)nc2)C1. The maximum atomic E-state index is 12.6. The molecule has 1 saturated carbocycles. The molecule has 4 rings (SSSR count). The second-order valence-corrected chi connectivity index (χ2v) is 8.45. The lowest BCUT2D eigenvalue weighted by Gasteiger charge is -2.42. The number of benzene rings is 1. The summed E-state index contributed by atoms with van der Waals surface area (Å²) >= 11 is 0. The van der Waals surface area contributed by atoms with Crippen LogP contribution in [-0.4, -0.2) is 65.3 Å². The Balaban J connectivity index is 1.37. The number of amides is 1. The molecule has 0 radical (unpaired) electrons. The second-order valence-electron chi connectivity index (χ2n) is 8.45. The van der Waals surface area contributed by atoms with Crippen LogP contribution >= 0.6 is 0 Å². The Morgan fingerprint density at radius 2 is 1.81 bits per heavy atom. The molecule has 166 valence electrons. The third kappa shape index (κ3) is 5.52. The molecule has 0 atom stereocenters. The number of carbonyl (C=O) groups excluding carboxylic acids is 1. The summed E-state index contributed by atoms with van der Waals surface area (Å²) in [5.41, 5.74) is 2.07. The first-order chi connectivity index (χ1) is 14.7. The van der Waals surface area contributed by atoms with Crippen molar-refractivity contribution >= 4 is 5.91 Å². The summed E-state index contributed by atoms with van der Waals surface area (Å²) in [6, 6.07) is 5.20. The molecule has 1 aromatic carbocycles. The number of ether oxygens (including phenoxy) is 1. The number of alkyl halides is 3. The molecular formula is C22H25F3N4O2. The van der Waals surface area contributed by atoms with Gasteiger partial charge < -0.3 is 14.5 Å². The maximum absolute atomic E-state index is 12.6. The Hall–Kier alpha value is -2.68. The Bertz CT molecular complexity index is 937. The molecule has 1 aliphatic carbocycles. The van der Waals surface area contributed by atoms with E-state index in [4.69, 9.17) is 0 Å². The zero-order valence-electron chi connectivity index (χ0n) is 17.5. The highest BCUT2D eigenvalue weighted by Crippen LogP contribution is 2.42. The van der Waals surface area contributed by atoms with Gasteiger partial charge in [-0.2, -0.15) is 0 Å². The van der Waals surface area contributed by atoms with Gasteiger partial charge in [-0.25, -0.2) is 9.97 Å². The number of hydrogen-bond donors (Lipinski definition) is 0. The van der Waals surface area contributed by atoms with Gasteiger partial charge in [-0.15, -0.1) is 13.2 Å². The van der Waals surface area contributed by atoms with Crippen molar-refractivity contribution in [2.75, 3.05) is 27.2 Å². The van der Waals surface area contributed by atoms with Crippen LogP contribution in [0.5, 0.6) is 5.75 Å². The highest BCUT2D eigenvalue weighted by Gasteiger charge is 2.33. The van der Waals surface area contributed by atoms with Crippen molar-refractivity contribution in [3.63, 3.8) is 0 Å². The second kappa shape index (κ2) is 8.45. The molecule has 2 aromatic rings. The Kier molecular flexibility index (Phi) is 5.88. The van der Waals surface area contributed by atoms with E-state index in [0.29, 0.717) is 49.3 Å². The first-order valence-corrected chi connectivity index (χ1v) is 10.3. The molecule has 2 fully saturated rings. The minimum absolute atomic E-state index is 0.0873. The zero-order chi connectivity index (χ0) is 22.2. The van der Waals surface area contributed by atoms with E-state index in [1.165, 1.54) is 24.5 Å². The van der Waals surface area contributed by atoms with Gasteiger partial charge in [0.2, 0.25) is 0 Å². The van der Waals surface area contributed by atoms with Gasteiger partial charge in [-0.05, 0) is 62.5 Å². The minimum atomic E-state index is -4.71. The van der Waals surface area contributed by atoms with Crippen LogP contribution < -0.4 is 4.74 Å². The van der Waals surface area contributed by atoms with Gasteiger partial charge in [0.25, 0.3) is 5.91 Å². The van der Waals surface area contributed by atoms with Crippen LogP contribution in [0, 0.1) is 0 Å². The molecule has 1 saturated heterocycles. The number of likely N-dealkylation sites (N-methyl/N-ethyl adjacent to an activating group) is 1. The molecule has 6 nitrogen and oxygen atoms in total. The van der Waals surface area contributed by atoms with Crippen molar-refractivity contribution in [1.82, 2.24) is 19.8 Å². The first kappa shape index (κ1) is 21.5. The van der Waals surface area contributed by atoms with Crippen LogP contribution in [0.2, 0.25) is 0 Å². The van der Waals surface area contributed by atoms with Gasteiger partial charge >= 0.3 is 6.36 Å². The number of rotatable bonds is 7. The van der Waals surface area contributed by atoms with E-state index >= 15 is 0 Å². The number of likely N-dealkylation sites (tertiary alicyclic amines) is 1. The smallest absolute Gasteiger partial charge is 0.406 e. The van der Waals surface area contributed by atoms with Crippen molar-refractivity contribution in [3.05, 3.63) is 53.1 Å². The van der Waals surface area contributed by atoms with Crippen LogP contribution in [0.4, 0.5) is 13.2 Å². The van der Waals surface area contributed by atoms with E-state index in [1.807, 2.05) is 20.2 Å². The Morgan fingerprint density at radius 1 is 1.13 bits per heavy atom. The molecule has 0 spiro atoms. The van der Waals surface area contributed by atoms with Crippen LogP contribution in [0.3, 0.4) is 0 Å². The van der Waals surface area contributed by atoms with Crippen LogP contribution in [0.1, 0.15) is 46.1 Å². The number of aryl methyl sites for hydroxylation is 2. The lowest BCUT2D eigenvalue weighted by atomic mass is 10.0. The van der Waals surface area contributed by atoms with Gasteiger partial charge in [-0.3, -0.25) is 4.79 Å². The monoisotopic (exact) mass is 434 g/mol. The summed E-state index contributed by atoms with van der Waals surface area (Å²) in [4.78, 5) is 24.9. The average Bonchev–Trinajstić information content (AvgIpc) is 3.49. The van der Waals surface area contributed by atoms with Gasteiger partial charge in [0.15, 0.2) is 0 Å². The normalized spacial score (nSPS) is 17.0. The van der Waals surface area contributed by atoms with Crippen LogP contribution in [-0.2, 0) is 12.8 Å². The van der Waals surface area contributed by atoms with E-state index in [-0.39, 0.29) is 11.7 Å². The van der Waals surface area contributed by atoms with Crippen molar-refractivity contribution < 1.29 is 22.7 Å². The molecule has 0 bridgehead atoms. The van der Waals surface area contributed by atoms with Gasteiger partial charge in [0, 0.05) is 37.9 Å². The summed E-state index contributed by atoms with van der Waals surface area (Å²) in [7, 11) is 3.98. The molecule has 2 aliphatic rings. The third-order valence-electron chi connectivity index (χ3n) is 5.74. The first-order valence-electron chi connectivity index (χ1n) is 10.3. The fraction of sp³-hybridized carbons (Fsp3) is 0.500. The summed E-state index contributed by atoms with van der Waals surface area (Å²) in [6.45, 7) is 1.38. The number of halogens is 3. The molecule has 2 heterocycles. The Morgan fingerprint density at radius 3 is 2.39 bits per heavy atom. The van der Waals surface area contributed by atoms with Crippen LogP contribution in [0.25, 0.3) is 0 Å². The number of aromatic nitrogens is 2. The van der Waals surface area contributed by atoms with Gasteiger partial charge in [-0.1, -0.05) is 6.07 Å². The number of carbonyl (C=O) groups is 1. The fourth-order valence-electron chi connectivity index (χ4n) is 3.66. The predicted molar refractivity (Wildman–Crippen MR) is 108 cm³/mol. The number of hydrogen-bond acceptors (Lipinski definition) is 5. The summed E-state index contributed by atoms with van der Waals surface area (Å²) in [5, 5.41) is 0. The highest BCUT2D eigenvalue weighted by molar-refractivity contribution is 5.94. The van der Waals surface area contributed by atoms with Crippen molar-refractivity contribution in [3.8, 4) is 5.75 Å². The van der Waals surface area contributed by atoms with Gasteiger partial charge in [0.05, 0.1) is 5.56 Å². The summed E-state index contributed by atoms with van der Waals surface area (Å²) in [5.74, 6) is 0.585.